The van der Waals surface area contributed by atoms with Crippen molar-refractivity contribution >= 4 is 49.0 Å². The summed E-state index contributed by atoms with van der Waals surface area (Å²) in [5, 5.41) is 6.29. The Balaban J connectivity index is 1.02. The van der Waals surface area contributed by atoms with E-state index in [9.17, 15) is 0 Å². The van der Waals surface area contributed by atoms with Crippen LogP contribution in [-0.4, -0.2) is 23.9 Å². The number of hydrogen-bond acceptors (Lipinski definition) is 3. The van der Waals surface area contributed by atoms with Gasteiger partial charge in [-0.05, 0) is 80.6 Å². The van der Waals surface area contributed by atoms with Crippen molar-refractivity contribution < 1.29 is 0 Å². The molecule has 0 amide bonds. The van der Waals surface area contributed by atoms with Gasteiger partial charge in [-0.2, -0.15) is 0 Å². The highest BCUT2D eigenvalue weighted by molar-refractivity contribution is 6.23. The molecule has 0 saturated heterocycles. The number of aromatic nitrogens is 5. The van der Waals surface area contributed by atoms with Gasteiger partial charge in [-0.15, -0.1) is 0 Å². The largest absolute Gasteiger partial charge is 0.313 e. The number of rotatable bonds is 6. The number of hydrogen-bond donors (Lipinski definition) is 0. The molecule has 0 N–H and O–H groups in total. The van der Waals surface area contributed by atoms with Gasteiger partial charge in [-0.25, -0.2) is 15.0 Å². The third kappa shape index (κ3) is 5.25. The lowest BCUT2D eigenvalue weighted by Gasteiger charge is -2.22. The minimum atomic E-state index is 0.617. The smallest absolute Gasteiger partial charge is 0.164 e. The summed E-state index contributed by atoms with van der Waals surface area (Å²) in [5.74, 6) is 1.87. The molecule has 2 aliphatic rings. The molecular weight excluding hydrogens is 755 g/mol. The Morgan fingerprint density at radius 1 is 0.323 bits per heavy atom. The fraction of sp³-hybridized carbons (Fsp3) is 0. The van der Waals surface area contributed by atoms with E-state index in [1.807, 2.05) is 12.1 Å². The van der Waals surface area contributed by atoms with Crippen LogP contribution in [0.25, 0.3) is 122 Å². The zero-order valence-corrected chi connectivity index (χ0v) is 33.4. The predicted molar refractivity (Wildman–Crippen MR) is 255 cm³/mol. The lowest BCUT2D eigenvalue weighted by atomic mass is 9.97. The summed E-state index contributed by atoms with van der Waals surface area (Å²) in [6.07, 6.45) is 2.23. The van der Waals surface area contributed by atoms with Crippen LogP contribution in [0.3, 0.4) is 0 Å². The molecule has 0 aliphatic carbocycles. The zero-order chi connectivity index (χ0) is 40.7. The van der Waals surface area contributed by atoms with E-state index in [2.05, 4.69) is 209 Å². The van der Waals surface area contributed by atoms with Gasteiger partial charge in [0.25, 0.3) is 0 Å². The van der Waals surface area contributed by atoms with Crippen molar-refractivity contribution in [2.45, 2.75) is 0 Å². The first kappa shape index (κ1) is 34.5. The molecule has 0 fully saturated rings. The average molecular weight is 790 g/mol. The molecule has 2 aliphatic heterocycles. The summed E-state index contributed by atoms with van der Waals surface area (Å²) in [5.41, 5.74) is 15.4. The first-order chi connectivity index (χ1) is 30.7. The minimum Gasteiger partial charge on any atom is -0.313 e. The number of nitrogens with zero attached hydrogens (tertiary/aromatic N) is 5. The average Bonchev–Trinajstić information content (AvgIpc) is 3.68. The molecule has 4 heterocycles. The fourth-order valence-electron chi connectivity index (χ4n) is 9.72. The Kier molecular flexibility index (Phi) is 7.54. The number of fused-ring (bicyclic) bond motifs is 6. The Labute approximate surface area is 357 Å². The van der Waals surface area contributed by atoms with Crippen LogP contribution in [0.1, 0.15) is 0 Å². The van der Waals surface area contributed by atoms with Crippen LogP contribution in [0.2, 0.25) is 0 Å². The summed E-state index contributed by atoms with van der Waals surface area (Å²) < 4.78 is 4.86. The number of pyridine rings is 1. The van der Waals surface area contributed by atoms with Gasteiger partial charge >= 0.3 is 0 Å². The van der Waals surface area contributed by atoms with Gasteiger partial charge in [0.05, 0.1) is 27.8 Å². The number of para-hydroxylation sites is 2. The monoisotopic (exact) mass is 789 g/mol. The summed E-state index contributed by atoms with van der Waals surface area (Å²) in [7, 11) is 0. The van der Waals surface area contributed by atoms with Crippen molar-refractivity contribution in [1.29, 1.82) is 0 Å². The van der Waals surface area contributed by atoms with E-state index < -0.39 is 0 Å². The molecule has 62 heavy (non-hydrogen) atoms. The van der Waals surface area contributed by atoms with E-state index in [0.717, 1.165) is 50.1 Å². The van der Waals surface area contributed by atoms with Gasteiger partial charge in [0.2, 0.25) is 0 Å². The van der Waals surface area contributed by atoms with Crippen LogP contribution in [0, 0.1) is 0 Å². The third-order valence-corrected chi connectivity index (χ3v) is 12.5. The molecule has 9 aromatic carbocycles. The van der Waals surface area contributed by atoms with E-state index in [1.54, 1.807) is 0 Å². The topological polar surface area (TPSA) is 48.0 Å². The van der Waals surface area contributed by atoms with Gasteiger partial charge < -0.3 is 8.97 Å². The highest BCUT2D eigenvalue weighted by Crippen LogP contribution is 2.45. The van der Waals surface area contributed by atoms with Crippen molar-refractivity contribution in [3.05, 3.63) is 212 Å². The maximum Gasteiger partial charge on any atom is 0.164 e. The highest BCUT2D eigenvalue weighted by atomic mass is 15.1. The second kappa shape index (κ2) is 13.6. The van der Waals surface area contributed by atoms with Crippen molar-refractivity contribution in [2.75, 3.05) is 0 Å². The third-order valence-electron chi connectivity index (χ3n) is 12.5. The van der Waals surface area contributed by atoms with Gasteiger partial charge in [-0.3, -0.25) is 0 Å². The molecule has 13 rings (SSSR count). The SMILES string of the molecule is c1ccc(-c2ccccc2-c2nc(-c3cccc(-c4ccc5c6cc7cccc8ccn9c%10ccccc%10n(c5c4)c6c-9c87)c3)nc(-c3ccccc3-c3ccccc3)n2)cc1. The molecule has 288 valence electrons. The Bertz CT molecular complexity index is 3700. The Hall–Kier alpha value is -8.41. The molecule has 0 unspecified atom stereocenters. The molecule has 0 spiro atoms. The fourth-order valence-corrected chi connectivity index (χ4v) is 9.72. The van der Waals surface area contributed by atoms with E-state index in [0.29, 0.717) is 17.5 Å². The lowest BCUT2D eigenvalue weighted by molar-refractivity contribution is 1.07. The van der Waals surface area contributed by atoms with Crippen LogP contribution >= 0.6 is 0 Å². The van der Waals surface area contributed by atoms with Gasteiger partial charge in [0.1, 0.15) is 0 Å². The van der Waals surface area contributed by atoms with Crippen LogP contribution < -0.4 is 0 Å². The maximum absolute atomic E-state index is 5.28. The normalized spacial score (nSPS) is 11.9. The summed E-state index contributed by atoms with van der Waals surface area (Å²) in [4.78, 5) is 15.8. The van der Waals surface area contributed by atoms with Crippen molar-refractivity contribution in [3.8, 4) is 73.2 Å². The second-order valence-electron chi connectivity index (χ2n) is 16.0. The van der Waals surface area contributed by atoms with Crippen LogP contribution in [0.15, 0.2) is 212 Å². The molecule has 5 nitrogen and oxygen atoms in total. The summed E-state index contributed by atoms with van der Waals surface area (Å²) >= 11 is 0. The first-order valence-electron chi connectivity index (χ1n) is 21.0. The second-order valence-corrected chi connectivity index (χ2v) is 16.0. The van der Waals surface area contributed by atoms with E-state index in [-0.39, 0.29) is 0 Å². The standard InChI is InChI=1S/C57H35N5/c1-3-15-36(16-4-1)43-23-7-9-25-46(43)56-58-55(59-57(60-56)47-26-10-8-24-44(47)37-17-5-2-6-18-37)42-22-14-20-39(33-42)40-29-30-45-48-34-41-21-13-19-38-31-32-61-49-27-11-12-28-50(49)62(51(45)35-40)53(48)54(61)52(38)41/h1-35H. The Morgan fingerprint density at radius 2 is 0.871 bits per heavy atom. The molecule has 0 atom stereocenters. The lowest BCUT2D eigenvalue weighted by Crippen LogP contribution is -2.06. The molecule has 0 bridgehead atoms. The highest BCUT2D eigenvalue weighted by Gasteiger charge is 2.24. The summed E-state index contributed by atoms with van der Waals surface area (Å²) in [6, 6.07) is 73.2. The van der Waals surface area contributed by atoms with Crippen LogP contribution in [0.4, 0.5) is 0 Å². The Morgan fingerprint density at radius 3 is 1.58 bits per heavy atom. The maximum atomic E-state index is 5.28. The molecular formula is C57H35N5. The molecule has 0 saturated carbocycles. The molecule has 5 heteroatoms. The van der Waals surface area contributed by atoms with Crippen molar-refractivity contribution in [3.63, 3.8) is 0 Å². The van der Waals surface area contributed by atoms with Crippen LogP contribution in [-0.2, 0) is 0 Å². The minimum absolute atomic E-state index is 0.617. The summed E-state index contributed by atoms with van der Waals surface area (Å²) in [6.45, 7) is 0. The van der Waals surface area contributed by atoms with Crippen molar-refractivity contribution in [2.24, 2.45) is 0 Å². The van der Waals surface area contributed by atoms with E-state index in [1.165, 1.54) is 54.7 Å². The van der Waals surface area contributed by atoms with Gasteiger partial charge in [0, 0.05) is 39.0 Å². The van der Waals surface area contributed by atoms with Crippen molar-refractivity contribution in [1.82, 2.24) is 23.9 Å². The molecule has 2 aromatic heterocycles. The van der Waals surface area contributed by atoms with Crippen LogP contribution in [0.5, 0.6) is 0 Å². The van der Waals surface area contributed by atoms with Gasteiger partial charge in [0.15, 0.2) is 17.5 Å². The van der Waals surface area contributed by atoms with E-state index in [4.69, 9.17) is 15.0 Å². The first-order valence-corrected chi connectivity index (χ1v) is 21.0. The quantitative estimate of drug-likeness (QED) is 0.125. The number of benzene rings is 9. The van der Waals surface area contributed by atoms with E-state index >= 15 is 0 Å². The van der Waals surface area contributed by atoms with Gasteiger partial charge in [-0.1, -0.05) is 170 Å². The zero-order valence-electron chi connectivity index (χ0n) is 33.4. The predicted octanol–water partition coefficient (Wildman–Crippen LogP) is 14.4. The molecule has 11 aromatic rings. The molecule has 0 radical (unpaired) electrons.